The van der Waals surface area contributed by atoms with Crippen LogP contribution in [-0.4, -0.2) is 15.6 Å². The highest BCUT2D eigenvalue weighted by atomic mass is 127. The van der Waals surface area contributed by atoms with Crippen molar-refractivity contribution in [2.45, 2.75) is 43.0 Å². The summed E-state index contributed by atoms with van der Waals surface area (Å²) < 4.78 is 0.817. The first kappa shape index (κ1) is 10.8. The predicted octanol–water partition coefficient (Wildman–Crippen LogP) is 3.00. The van der Waals surface area contributed by atoms with E-state index in [2.05, 4.69) is 29.5 Å². The fourth-order valence-electron chi connectivity index (χ4n) is 2.16. The van der Waals surface area contributed by atoms with Crippen molar-refractivity contribution in [3.63, 3.8) is 0 Å². The topological polar surface area (TPSA) is 20.2 Å². The van der Waals surface area contributed by atoms with Gasteiger partial charge in [-0.3, -0.25) is 0 Å². The summed E-state index contributed by atoms with van der Waals surface area (Å²) >= 11 is 2.56. The molecule has 0 saturated heterocycles. The molecule has 1 N–H and O–H groups in total. The molecule has 1 nitrogen and oxygen atoms in total. The first-order chi connectivity index (χ1) is 5.77. The van der Waals surface area contributed by atoms with Crippen LogP contribution in [0.5, 0.6) is 0 Å². The molecule has 1 fully saturated rings. The van der Waals surface area contributed by atoms with Crippen LogP contribution in [0.15, 0.2) is 0 Å². The zero-order valence-electron chi connectivity index (χ0n) is 7.80. The van der Waals surface area contributed by atoms with E-state index >= 15 is 0 Å². The molecule has 1 rings (SSSR count). The fourth-order valence-corrected chi connectivity index (χ4v) is 3.17. The Morgan fingerprint density at radius 1 is 1.42 bits per heavy atom. The average molecular weight is 282 g/mol. The summed E-state index contributed by atoms with van der Waals surface area (Å²) in [7, 11) is 0. The van der Waals surface area contributed by atoms with Gasteiger partial charge < -0.3 is 5.11 Å². The van der Waals surface area contributed by atoms with Crippen molar-refractivity contribution >= 4 is 22.6 Å². The molecule has 2 heteroatoms. The Hall–Kier alpha value is 0.690. The number of aliphatic hydroxyl groups excluding tert-OH is 1. The van der Waals surface area contributed by atoms with Crippen LogP contribution >= 0.6 is 22.6 Å². The summed E-state index contributed by atoms with van der Waals surface area (Å²) in [5.41, 5.74) is 0. The van der Waals surface area contributed by atoms with Gasteiger partial charge >= 0.3 is 0 Å². The Labute approximate surface area is 89.1 Å². The number of halogens is 1. The Morgan fingerprint density at radius 3 is 2.75 bits per heavy atom. The van der Waals surface area contributed by atoms with E-state index in [9.17, 15) is 0 Å². The van der Waals surface area contributed by atoms with Crippen LogP contribution in [0.4, 0.5) is 0 Å². The average Bonchev–Trinajstić information content (AvgIpc) is 2.09. The molecule has 3 atom stereocenters. The van der Waals surface area contributed by atoms with Crippen molar-refractivity contribution in [2.24, 2.45) is 11.8 Å². The molecule has 0 aliphatic heterocycles. The first-order valence-electron chi connectivity index (χ1n) is 5.02. The molecule has 1 aliphatic carbocycles. The number of hydrogen-bond acceptors (Lipinski definition) is 1. The van der Waals surface area contributed by atoms with Crippen LogP contribution in [0.25, 0.3) is 0 Å². The molecule has 12 heavy (non-hydrogen) atoms. The van der Waals surface area contributed by atoms with E-state index in [0.717, 1.165) is 22.2 Å². The minimum Gasteiger partial charge on any atom is -0.396 e. The second-order valence-electron chi connectivity index (χ2n) is 3.88. The lowest BCUT2D eigenvalue weighted by molar-refractivity contribution is 0.207. The zero-order chi connectivity index (χ0) is 8.97. The number of hydrogen-bond donors (Lipinski definition) is 1. The monoisotopic (exact) mass is 282 g/mol. The summed E-state index contributed by atoms with van der Waals surface area (Å²) in [4.78, 5) is 0. The van der Waals surface area contributed by atoms with Gasteiger partial charge in [0.15, 0.2) is 0 Å². The van der Waals surface area contributed by atoms with Crippen molar-refractivity contribution in [3.8, 4) is 0 Å². The first-order valence-corrected chi connectivity index (χ1v) is 6.27. The van der Waals surface area contributed by atoms with Crippen molar-refractivity contribution in [3.05, 3.63) is 0 Å². The summed E-state index contributed by atoms with van der Waals surface area (Å²) in [5, 5.41) is 8.89. The molecule has 1 aliphatic rings. The second kappa shape index (κ2) is 5.43. The summed E-state index contributed by atoms with van der Waals surface area (Å²) in [5.74, 6) is 1.72. The molecule has 72 valence electrons. The minimum absolute atomic E-state index is 0.376. The highest BCUT2D eigenvalue weighted by molar-refractivity contribution is 14.1. The van der Waals surface area contributed by atoms with E-state index in [1.165, 1.54) is 25.7 Å². The molecule has 0 aromatic rings. The lowest BCUT2D eigenvalue weighted by Crippen LogP contribution is -2.25. The van der Waals surface area contributed by atoms with Crippen molar-refractivity contribution < 1.29 is 5.11 Å². The van der Waals surface area contributed by atoms with Gasteiger partial charge in [-0.25, -0.2) is 0 Å². The molecule has 2 unspecified atom stereocenters. The maximum Gasteiger partial charge on any atom is 0.0434 e. The Bertz CT molecular complexity index is 127. The van der Waals surface area contributed by atoms with Gasteiger partial charge in [0.2, 0.25) is 0 Å². The number of aliphatic hydroxyl groups is 1. The SMILES string of the molecule is CCC1CCC(I)[C@@H](CCO)C1. The molecule has 0 radical (unpaired) electrons. The largest absolute Gasteiger partial charge is 0.396 e. The number of rotatable bonds is 3. The van der Waals surface area contributed by atoms with E-state index < -0.39 is 0 Å². The van der Waals surface area contributed by atoms with Crippen LogP contribution < -0.4 is 0 Å². The standard InChI is InChI=1S/C10H19IO/c1-2-8-3-4-10(11)9(7-8)5-6-12/h8-10,12H,2-7H2,1H3/t8?,9-,10?/m0/s1. The van der Waals surface area contributed by atoms with Crippen molar-refractivity contribution in [1.29, 1.82) is 0 Å². The van der Waals surface area contributed by atoms with E-state index in [1.807, 2.05) is 0 Å². The Kier molecular flexibility index (Phi) is 4.87. The number of alkyl halides is 1. The summed E-state index contributed by atoms with van der Waals surface area (Å²) in [6, 6.07) is 0. The predicted molar refractivity (Wildman–Crippen MR) is 60.6 cm³/mol. The van der Waals surface area contributed by atoms with Crippen molar-refractivity contribution in [1.82, 2.24) is 0 Å². The Morgan fingerprint density at radius 2 is 2.17 bits per heavy atom. The van der Waals surface area contributed by atoms with E-state index in [-0.39, 0.29) is 0 Å². The third-order valence-electron chi connectivity index (χ3n) is 3.08. The van der Waals surface area contributed by atoms with Gasteiger partial charge in [0.05, 0.1) is 0 Å². The smallest absolute Gasteiger partial charge is 0.0434 e. The molecule has 0 aromatic heterocycles. The molecule has 0 amide bonds. The zero-order valence-corrected chi connectivity index (χ0v) is 9.96. The highest BCUT2D eigenvalue weighted by Crippen LogP contribution is 2.37. The molecule has 1 saturated carbocycles. The molecule has 0 aromatic carbocycles. The molecular weight excluding hydrogens is 263 g/mol. The van der Waals surface area contributed by atoms with Crippen LogP contribution in [0.2, 0.25) is 0 Å². The fraction of sp³-hybridized carbons (Fsp3) is 1.00. The third kappa shape index (κ3) is 2.87. The van der Waals surface area contributed by atoms with Crippen molar-refractivity contribution in [2.75, 3.05) is 6.61 Å². The Balaban J connectivity index is 2.36. The second-order valence-corrected chi connectivity index (χ2v) is 5.48. The van der Waals surface area contributed by atoms with Gasteiger partial charge in [-0.15, -0.1) is 0 Å². The van der Waals surface area contributed by atoms with Gasteiger partial charge in [-0.2, -0.15) is 0 Å². The maximum atomic E-state index is 8.89. The molecule has 0 heterocycles. The summed E-state index contributed by atoms with van der Waals surface area (Å²) in [6.07, 6.45) is 6.47. The molecular formula is C10H19IO. The molecule has 0 spiro atoms. The van der Waals surface area contributed by atoms with Crippen LogP contribution in [0.1, 0.15) is 39.0 Å². The van der Waals surface area contributed by atoms with Gasteiger partial charge in [0, 0.05) is 10.5 Å². The van der Waals surface area contributed by atoms with Gasteiger partial charge in [-0.05, 0) is 37.5 Å². The van der Waals surface area contributed by atoms with Gasteiger partial charge in [0.1, 0.15) is 0 Å². The quantitative estimate of drug-likeness (QED) is 0.623. The maximum absolute atomic E-state index is 8.89. The van der Waals surface area contributed by atoms with Crippen LogP contribution in [-0.2, 0) is 0 Å². The molecule has 0 bridgehead atoms. The lowest BCUT2D eigenvalue weighted by Gasteiger charge is -2.32. The van der Waals surface area contributed by atoms with Gasteiger partial charge in [-0.1, -0.05) is 35.9 Å². The van der Waals surface area contributed by atoms with E-state index in [1.54, 1.807) is 0 Å². The van der Waals surface area contributed by atoms with E-state index in [4.69, 9.17) is 5.11 Å². The van der Waals surface area contributed by atoms with Gasteiger partial charge in [0.25, 0.3) is 0 Å². The van der Waals surface area contributed by atoms with Crippen LogP contribution in [0, 0.1) is 11.8 Å². The van der Waals surface area contributed by atoms with E-state index in [0.29, 0.717) is 6.61 Å². The summed E-state index contributed by atoms with van der Waals surface area (Å²) in [6.45, 7) is 2.66. The minimum atomic E-state index is 0.376. The lowest BCUT2D eigenvalue weighted by atomic mass is 9.79. The normalized spacial score (nSPS) is 36.8. The highest BCUT2D eigenvalue weighted by Gasteiger charge is 2.27. The van der Waals surface area contributed by atoms with Crippen LogP contribution in [0.3, 0.4) is 0 Å². The third-order valence-corrected chi connectivity index (χ3v) is 4.72.